The number of halogens is 1. The molecule has 2 fully saturated rings. The van der Waals surface area contributed by atoms with Crippen LogP contribution < -0.4 is 5.32 Å². The molecule has 3 rings (SSSR count). The number of carboxylic acid groups (broad SMARTS) is 1. The molecule has 0 aliphatic carbocycles. The van der Waals surface area contributed by atoms with E-state index in [2.05, 4.69) is 5.32 Å². The number of ether oxygens (including phenoxy) is 1. The van der Waals surface area contributed by atoms with Crippen molar-refractivity contribution in [1.82, 2.24) is 10.2 Å². The van der Waals surface area contributed by atoms with E-state index in [0.717, 1.165) is 18.4 Å². The van der Waals surface area contributed by atoms with Gasteiger partial charge >= 0.3 is 6.09 Å². The fourth-order valence-corrected chi connectivity index (χ4v) is 4.16. The molecule has 2 heterocycles. The molecule has 2 N–H and O–H groups in total. The zero-order valence-corrected chi connectivity index (χ0v) is 15.0. The molecule has 6 nitrogen and oxygen atoms in total. The number of Topliss-reactive ketones (excluding diaryl/α,β-unsaturated/α-hetero) is 1. The molecule has 136 valence electrons. The molecule has 0 bridgehead atoms. The van der Waals surface area contributed by atoms with Crippen molar-refractivity contribution in [3.8, 4) is 0 Å². The van der Waals surface area contributed by atoms with E-state index in [4.69, 9.17) is 16.3 Å². The summed E-state index contributed by atoms with van der Waals surface area (Å²) in [5, 5.41) is 13.5. The number of carbonyl (C=O) groups excluding carboxylic acids is 1. The minimum absolute atomic E-state index is 0.0537. The molecule has 1 aromatic carbocycles. The van der Waals surface area contributed by atoms with Gasteiger partial charge in [0, 0.05) is 43.6 Å². The summed E-state index contributed by atoms with van der Waals surface area (Å²) in [5.41, 5.74) is -0.224. The average Bonchev–Trinajstić information content (AvgIpc) is 3.07. The lowest BCUT2D eigenvalue weighted by Gasteiger charge is -2.42. The van der Waals surface area contributed by atoms with Gasteiger partial charge in [-0.2, -0.15) is 0 Å². The van der Waals surface area contributed by atoms with Gasteiger partial charge in [-0.3, -0.25) is 9.69 Å². The number of likely N-dealkylation sites (N-methyl/N-ethyl adjacent to an activating group) is 1. The third kappa shape index (κ3) is 3.26. The Morgan fingerprint density at radius 3 is 2.68 bits per heavy atom. The van der Waals surface area contributed by atoms with Crippen LogP contribution in [0.4, 0.5) is 4.79 Å². The highest BCUT2D eigenvalue weighted by Gasteiger charge is 2.55. The maximum absolute atomic E-state index is 13.5. The first-order valence-corrected chi connectivity index (χ1v) is 8.89. The third-order valence-electron chi connectivity index (χ3n) is 5.44. The Hall–Kier alpha value is -1.63. The van der Waals surface area contributed by atoms with E-state index in [1.165, 1.54) is 11.9 Å². The lowest BCUT2D eigenvalue weighted by atomic mass is 9.73. The van der Waals surface area contributed by atoms with Gasteiger partial charge in [-0.25, -0.2) is 4.79 Å². The lowest BCUT2D eigenvalue weighted by Crippen LogP contribution is -2.61. The predicted molar refractivity (Wildman–Crippen MR) is 94.1 cm³/mol. The van der Waals surface area contributed by atoms with E-state index in [1.807, 2.05) is 12.1 Å². The third-order valence-corrected chi connectivity index (χ3v) is 5.69. The normalized spacial score (nSPS) is 29.4. The Labute approximate surface area is 152 Å². The number of nitrogens with zero attached hydrogens (tertiary/aromatic N) is 1. The lowest BCUT2D eigenvalue weighted by molar-refractivity contribution is -0.137. The number of benzene rings is 1. The molecule has 2 aliphatic heterocycles. The van der Waals surface area contributed by atoms with Gasteiger partial charge in [0.25, 0.3) is 0 Å². The van der Waals surface area contributed by atoms with Crippen molar-refractivity contribution in [2.75, 3.05) is 33.4 Å². The minimum Gasteiger partial charge on any atom is -0.465 e. The zero-order valence-electron chi connectivity index (χ0n) is 14.2. The molecule has 2 saturated heterocycles. The van der Waals surface area contributed by atoms with Gasteiger partial charge in [0.1, 0.15) is 5.54 Å². The molecular weight excluding hydrogens is 344 g/mol. The topological polar surface area (TPSA) is 78.9 Å². The van der Waals surface area contributed by atoms with Crippen molar-refractivity contribution < 1.29 is 19.4 Å². The van der Waals surface area contributed by atoms with Gasteiger partial charge in [0.05, 0.1) is 6.61 Å². The maximum atomic E-state index is 13.5. The summed E-state index contributed by atoms with van der Waals surface area (Å²) in [6.07, 6.45) is 0.455. The van der Waals surface area contributed by atoms with E-state index < -0.39 is 11.6 Å². The summed E-state index contributed by atoms with van der Waals surface area (Å²) >= 11 is 5.98. The second kappa shape index (κ2) is 7.32. The molecule has 1 unspecified atom stereocenters. The number of hydrogen-bond acceptors (Lipinski definition) is 4. The molecule has 7 heteroatoms. The molecule has 25 heavy (non-hydrogen) atoms. The van der Waals surface area contributed by atoms with Crippen molar-refractivity contribution >= 4 is 23.5 Å². The molecule has 0 radical (unpaired) electrons. The standard InChI is InChI=1S/C18H23ClN2O4/c1-21(17(23)24)18(16(22)13-3-2-8-25-10-13)11-20-9-15(18)12-4-6-14(19)7-5-12/h4-7,13,15,20H,2-3,8-11H2,1H3,(H,23,24)/t13?,15-,18+/m0/s1. The summed E-state index contributed by atoms with van der Waals surface area (Å²) in [5.74, 6) is -0.590. The van der Waals surface area contributed by atoms with Crippen LogP contribution in [0.3, 0.4) is 0 Å². The van der Waals surface area contributed by atoms with Crippen molar-refractivity contribution in [3.63, 3.8) is 0 Å². The van der Waals surface area contributed by atoms with Crippen LogP contribution >= 0.6 is 11.6 Å². The van der Waals surface area contributed by atoms with E-state index in [-0.39, 0.29) is 17.6 Å². The fourth-order valence-electron chi connectivity index (χ4n) is 4.04. The van der Waals surface area contributed by atoms with Gasteiger partial charge in [-0.1, -0.05) is 23.7 Å². The number of ketones is 1. The van der Waals surface area contributed by atoms with E-state index >= 15 is 0 Å². The summed E-state index contributed by atoms with van der Waals surface area (Å²) in [6, 6.07) is 7.29. The number of hydrogen-bond donors (Lipinski definition) is 2. The first-order chi connectivity index (χ1) is 12.0. The first-order valence-electron chi connectivity index (χ1n) is 8.52. The Bertz CT molecular complexity index is 645. The van der Waals surface area contributed by atoms with Crippen molar-refractivity contribution in [2.45, 2.75) is 24.3 Å². The Morgan fingerprint density at radius 2 is 2.08 bits per heavy atom. The quantitative estimate of drug-likeness (QED) is 0.855. The number of rotatable bonds is 4. The molecule has 3 atom stereocenters. The first kappa shape index (κ1) is 18.2. The highest BCUT2D eigenvalue weighted by Crippen LogP contribution is 2.40. The summed E-state index contributed by atoms with van der Waals surface area (Å²) in [6.45, 7) is 1.86. The van der Waals surface area contributed by atoms with Gasteiger partial charge in [0.2, 0.25) is 0 Å². The van der Waals surface area contributed by atoms with E-state index in [1.54, 1.807) is 12.1 Å². The molecular formula is C18H23ClN2O4. The van der Waals surface area contributed by atoms with Crippen LogP contribution in [0.5, 0.6) is 0 Å². The predicted octanol–water partition coefficient (Wildman–Crippen LogP) is 2.37. The summed E-state index contributed by atoms with van der Waals surface area (Å²) in [4.78, 5) is 26.5. The van der Waals surface area contributed by atoms with Crippen LogP contribution in [0, 0.1) is 5.92 Å². The van der Waals surface area contributed by atoms with Crippen LogP contribution in [0.25, 0.3) is 0 Å². The second-order valence-electron chi connectivity index (χ2n) is 6.78. The number of nitrogens with one attached hydrogen (secondary N) is 1. The number of carbonyl (C=O) groups is 2. The molecule has 0 spiro atoms. The van der Waals surface area contributed by atoms with Gasteiger partial charge in [0.15, 0.2) is 5.78 Å². The SMILES string of the molecule is CN(C(=O)O)[C@]1(C(=O)C2CCCOC2)CNC[C@H]1c1ccc(Cl)cc1. The summed E-state index contributed by atoms with van der Waals surface area (Å²) in [7, 11) is 1.49. The monoisotopic (exact) mass is 366 g/mol. The van der Waals surface area contributed by atoms with Crippen LogP contribution in [0.2, 0.25) is 5.02 Å². The van der Waals surface area contributed by atoms with Crippen LogP contribution in [0.1, 0.15) is 24.3 Å². The largest absolute Gasteiger partial charge is 0.465 e. The maximum Gasteiger partial charge on any atom is 0.407 e. The van der Waals surface area contributed by atoms with E-state index in [0.29, 0.717) is 31.3 Å². The summed E-state index contributed by atoms with van der Waals surface area (Å²) < 4.78 is 5.48. The highest BCUT2D eigenvalue weighted by atomic mass is 35.5. The van der Waals surface area contributed by atoms with E-state index in [9.17, 15) is 14.7 Å². The van der Waals surface area contributed by atoms with Crippen LogP contribution in [-0.2, 0) is 9.53 Å². The van der Waals surface area contributed by atoms with Crippen LogP contribution in [0.15, 0.2) is 24.3 Å². The second-order valence-corrected chi connectivity index (χ2v) is 7.22. The Kier molecular flexibility index (Phi) is 5.32. The molecule has 2 aliphatic rings. The van der Waals surface area contributed by atoms with Gasteiger partial charge < -0.3 is 15.2 Å². The van der Waals surface area contributed by atoms with Gasteiger partial charge in [-0.05, 0) is 30.5 Å². The Morgan fingerprint density at radius 1 is 1.36 bits per heavy atom. The smallest absolute Gasteiger partial charge is 0.407 e. The molecule has 0 saturated carbocycles. The zero-order chi connectivity index (χ0) is 18.0. The minimum atomic E-state index is -1.13. The van der Waals surface area contributed by atoms with Crippen molar-refractivity contribution in [3.05, 3.63) is 34.9 Å². The average molecular weight is 367 g/mol. The fraction of sp³-hybridized carbons (Fsp3) is 0.556. The van der Waals surface area contributed by atoms with Crippen molar-refractivity contribution in [1.29, 1.82) is 0 Å². The number of amides is 1. The van der Waals surface area contributed by atoms with Crippen LogP contribution in [-0.4, -0.2) is 60.8 Å². The molecule has 1 amide bonds. The molecule has 0 aromatic heterocycles. The van der Waals surface area contributed by atoms with Crippen molar-refractivity contribution in [2.24, 2.45) is 5.92 Å². The molecule has 1 aromatic rings. The Balaban J connectivity index is 2.01. The van der Waals surface area contributed by atoms with Gasteiger partial charge in [-0.15, -0.1) is 0 Å². The highest BCUT2D eigenvalue weighted by molar-refractivity contribution is 6.30.